The van der Waals surface area contributed by atoms with Crippen molar-refractivity contribution in [2.75, 3.05) is 39.4 Å². The van der Waals surface area contributed by atoms with Crippen molar-refractivity contribution in [3.05, 3.63) is 0 Å². The molecule has 2 fully saturated rings. The number of hydrogen-bond acceptors (Lipinski definition) is 4. The second-order valence-corrected chi connectivity index (χ2v) is 7.87. The largest absolute Gasteiger partial charge is 0.395 e. The highest BCUT2D eigenvalue weighted by molar-refractivity contribution is 4.82. The van der Waals surface area contributed by atoms with Crippen LogP contribution >= 0.6 is 0 Å². The number of likely N-dealkylation sites (tertiary alicyclic amines) is 2. The van der Waals surface area contributed by atoms with E-state index in [1.165, 1.54) is 44.9 Å². The Bertz CT molecular complexity index is 296. The van der Waals surface area contributed by atoms with E-state index < -0.39 is 0 Å². The summed E-state index contributed by atoms with van der Waals surface area (Å²) in [6.45, 7) is 9.76. The SMILES string of the molecule is CC1CCCN(CCCCCN2CCCC(C)C2CO)C1CO. The minimum Gasteiger partial charge on any atom is -0.395 e. The number of hydrogen-bond donors (Lipinski definition) is 2. The molecule has 0 spiro atoms. The van der Waals surface area contributed by atoms with Crippen molar-refractivity contribution in [3.8, 4) is 0 Å². The molecule has 2 N–H and O–H groups in total. The lowest BCUT2D eigenvalue weighted by atomic mass is 9.90. The predicted molar refractivity (Wildman–Crippen MR) is 95.5 cm³/mol. The molecular formula is C19H38N2O2. The van der Waals surface area contributed by atoms with Gasteiger partial charge in [-0.2, -0.15) is 0 Å². The number of nitrogens with zero attached hydrogens (tertiary/aromatic N) is 2. The van der Waals surface area contributed by atoms with E-state index in [1.54, 1.807) is 0 Å². The van der Waals surface area contributed by atoms with Crippen LogP contribution in [0.3, 0.4) is 0 Å². The van der Waals surface area contributed by atoms with Crippen LogP contribution in [0.15, 0.2) is 0 Å². The number of aliphatic hydroxyl groups is 2. The summed E-state index contributed by atoms with van der Waals surface area (Å²) in [5.74, 6) is 1.27. The first kappa shape index (κ1) is 19.2. The Kier molecular flexibility index (Phi) is 8.31. The van der Waals surface area contributed by atoms with Gasteiger partial charge in [0.2, 0.25) is 0 Å². The first-order chi connectivity index (χ1) is 11.2. The molecule has 2 rings (SSSR count). The van der Waals surface area contributed by atoms with Gasteiger partial charge in [-0.1, -0.05) is 20.3 Å². The monoisotopic (exact) mass is 326 g/mol. The zero-order valence-electron chi connectivity index (χ0n) is 15.3. The zero-order valence-corrected chi connectivity index (χ0v) is 15.3. The van der Waals surface area contributed by atoms with Gasteiger partial charge in [0.05, 0.1) is 13.2 Å². The normalized spacial score (nSPS) is 33.9. The average Bonchev–Trinajstić information content (AvgIpc) is 2.55. The summed E-state index contributed by atoms with van der Waals surface area (Å²) in [7, 11) is 0. The van der Waals surface area contributed by atoms with Crippen LogP contribution in [0.4, 0.5) is 0 Å². The Morgan fingerprint density at radius 2 is 1.17 bits per heavy atom. The van der Waals surface area contributed by atoms with Crippen LogP contribution in [-0.4, -0.2) is 71.5 Å². The molecule has 2 saturated heterocycles. The van der Waals surface area contributed by atoms with E-state index >= 15 is 0 Å². The van der Waals surface area contributed by atoms with Gasteiger partial charge in [-0.15, -0.1) is 0 Å². The van der Waals surface area contributed by atoms with Crippen molar-refractivity contribution < 1.29 is 10.2 Å². The van der Waals surface area contributed by atoms with Crippen molar-refractivity contribution in [3.63, 3.8) is 0 Å². The van der Waals surface area contributed by atoms with Gasteiger partial charge in [-0.05, 0) is 76.5 Å². The van der Waals surface area contributed by atoms with Gasteiger partial charge in [0, 0.05) is 12.1 Å². The average molecular weight is 327 g/mol. The molecule has 0 aromatic heterocycles. The predicted octanol–water partition coefficient (Wildman–Crippen LogP) is 2.34. The third-order valence-corrected chi connectivity index (χ3v) is 6.23. The van der Waals surface area contributed by atoms with Crippen LogP contribution in [-0.2, 0) is 0 Å². The van der Waals surface area contributed by atoms with Crippen molar-refractivity contribution in [2.45, 2.75) is 70.9 Å². The van der Waals surface area contributed by atoms with E-state index in [2.05, 4.69) is 23.6 Å². The van der Waals surface area contributed by atoms with E-state index in [9.17, 15) is 10.2 Å². The fourth-order valence-electron chi connectivity index (χ4n) is 4.62. The highest BCUT2D eigenvalue weighted by Gasteiger charge is 2.28. The summed E-state index contributed by atoms with van der Waals surface area (Å²) in [6, 6.07) is 0.760. The molecule has 23 heavy (non-hydrogen) atoms. The minimum absolute atomic E-state index is 0.311. The molecule has 4 unspecified atom stereocenters. The highest BCUT2D eigenvalue weighted by atomic mass is 16.3. The number of aliphatic hydroxyl groups excluding tert-OH is 2. The molecule has 4 nitrogen and oxygen atoms in total. The van der Waals surface area contributed by atoms with Crippen LogP contribution in [0.1, 0.15) is 58.8 Å². The standard InChI is InChI=1S/C19H38N2O2/c1-16-8-6-12-20(18(16)14-22)10-4-3-5-11-21-13-7-9-17(2)19(21)15-23/h16-19,22-23H,3-15H2,1-2H3. The first-order valence-electron chi connectivity index (χ1n) is 9.87. The molecule has 0 aromatic rings. The molecule has 136 valence electrons. The summed E-state index contributed by atoms with van der Waals surface area (Å²) < 4.78 is 0. The van der Waals surface area contributed by atoms with E-state index in [0.717, 1.165) is 26.2 Å². The second kappa shape index (κ2) is 9.97. The molecule has 0 saturated carbocycles. The molecular weight excluding hydrogens is 288 g/mol. The zero-order chi connectivity index (χ0) is 16.7. The molecule has 2 aliphatic rings. The Balaban J connectivity index is 1.63. The Hall–Kier alpha value is -0.160. The second-order valence-electron chi connectivity index (χ2n) is 7.87. The molecule has 2 aliphatic heterocycles. The summed E-state index contributed by atoms with van der Waals surface area (Å²) in [5.41, 5.74) is 0. The smallest absolute Gasteiger partial charge is 0.0589 e. The van der Waals surface area contributed by atoms with Crippen LogP contribution < -0.4 is 0 Å². The lowest BCUT2D eigenvalue weighted by molar-refractivity contribution is 0.0465. The fraction of sp³-hybridized carbons (Fsp3) is 1.00. The van der Waals surface area contributed by atoms with Gasteiger partial charge >= 0.3 is 0 Å². The van der Waals surface area contributed by atoms with Gasteiger partial charge in [0.1, 0.15) is 0 Å². The Morgan fingerprint density at radius 3 is 1.57 bits per heavy atom. The number of unbranched alkanes of at least 4 members (excludes halogenated alkanes) is 2. The molecule has 4 heteroatoms. The highest BCUT2D eigenvalue weighted by Crippen LogP contribution is 2.24. The lowest BCUT2D eigenvalue weighted by Gasteiger charge is -2.39. The Labute approximate surface area is 142 Å². The van der Waals surface area contributed by atoms with Gasteiger partial charge in [0.25, 0.3) is 0 Å². The van der Waals surface area contributed by atoms with Gasteiger partial charge in [-0.25, -0.2) is 0 Å². The van der Waals surface area contributed by atoms with E-state index in [0.29, 0.717) is 37.1 Å². The summed E-state index contributed by atoms with van der Waals surface area (Å²) in [4.78, 5) is 5.02. The summed E-state index contributed by atoms with van der Waals surface area (Å²) in [5, 5.41) is 19.2. The van der Waals surface area contributed by atoms with E-state index in [1.807, 2.05) is 0 Å². The summed E-state index contributed by atoms with van der Waals surface area (Å²) in [6.07, 6.45) is 8.80. The van der Waals surface area contributed by atoms with Crippen molar-refractivity contribution in [2.24, 2.45) is 11.8 Å². The van der Waals surface area contributed by atoms with Gasteiger partial charge < -0.3 is 10.2 Å². The molecule has 0 aromatic carbocycles. The lowest BCUT2D eigenvalue weighted by Crippen LogP contribution is -2.47. The molecule has 4 atom stereocenters. The third-order valence-electron chi connectivity index (χ3n) is 6.23. The maximum Gasteiger partial charge on any atom is 0.0589 e. The Morgan fingerprint density at radius 1 is 0.739 bits per heavy atom. The molecule has 2 heterocycles. The van der Waals surface area contributed by atoms with Crippen LogP contribution in [0.25, 0.3) is 0 Å². The van der Waals surface area contributed by atoms with Crippen molar-refractivity contribution in [1.29, 1.82) is 0 Å². The molecule has 0 aliphatic carbocycles. The van der Waals surface area contributed by atoms with Crippen LogP contribution in [0.5, 0.6) is 0 Å². The molecule has 0 radical (unpaired) electrons. The fourth-order valence-corrected chi connectivity index (χ4v) is 4.62. The van der Waals surface area contributed by atoms with Crippen molar-refractivity contribution in [1.82, 2.24) is 9.80 Å². The van der Waals surface area contributed by atoms with Gasteiger partial charge in [0.15, 0.2) is 0 Å². The quantitative estimate of drug-likeness (QED) is 0.672. The van der Waals surface area contributed by atoms with Crippen molar-refractivity contribution >= 4 is 0 Å². The minimum atomic E-state index is 0.311. The van der Waals surface area contributed by atoms with E-state index in [4.69, 9.17) is 0 Å². The topological polar surface area (TPSA) is 46.9 Å². The van der Waals surface area contributed by atoms with Crippen LogP contribution in [0, 0.1) is 11.8 Å². The molecule has 0 amide bonds. The van der Waals surface area contributed by atoms with Crippen LogP contribution in [0.2, 0.25) is 0 Å². The summed E-state index contributed by atoms with van der Waals surface area (Å²) >= 11 is 0. The molecule has 0 bridgehead atoms. The van der Waals surface area contributed by atoms with Gasteiger partial charge in [-0.3, -0.25) is 9.80 Å². The van der Waals surface area contributed by atoms with E-state index in [-0.39, 0.29) is 0 Å². The third kappa shape index (κ3) is 5.42. The first-order valence-corrected chi connectivity index (χ1v) is 9.87. The maximum atomic E-state index is 9.61. The maximum absolute atomic E-state index is 9.61. The number of rotatable bonds is 8. The number of piperidine rings is 2.